The average Bonchev–Trinajstić information content (AvgIpc) is 3.14. The molecule has 4 rings (SSSR count). The zero-order chi connectivity index (χ0) is 21.1. The number of benzene rings is 2. The van der Waals surface area contributed by atoms with Crippen molar-refractivity contribution >= 4 is 22.9 Å². The molecule has 1 saturated heterocycles. The number of thiazole rings is 1. The van der Waals surface area contributed by atoms with Crippen LogP contribution in [0, 0.1) is 20.8 Å². The van der Waals surface area contributed by atoms with E-state index in [1.165, 1.54) is 28.2 Å². The molecule has 0 unspecified atom stereocenters. The largest absolute Gasteiger partial charge is 0.378 e. The SMILES string of the molecule is Cc1ccc(-c2nc(C)c(C(=O)NCc3ccc(N4CCOCC4)cc3)s2)c(C)c1. The van der Waals surface area contributed by atoms with Crippen LogP contribution in [0.2, 0.25) is 0 Å². The van der Waals surface area contributed by atoms with Gasteiger partial charge in [0.05, 0.1) is 18.9 Å². The molecular weight excluding hydrogens is 394 g/mol. The molecule has 1 aliphatic rings. The number of hydrogen-bond acceptors (Lipinski definition) is 5. The first-order chi connectivity index (χ1) is 14.5. The Kier molecular flexibility index (Phi) is 6.16. The van der Waals surface area contributed by atoms with Crippen LogP contribution in [0.1, 0.15) is 32.1 Å². The van der Waals surface area contributed by atoms with Crippen molar-refractivity contribution in [3.63, 3.8) is 0 Å². The standard InChI is InChI=1S/C24H27N3O2S/c1-16-4-9-21(17(2)14-16)24-26-18(3)22(30-24)23(28)25-15-19-5-7-20(8-6-19)27-10-12-29-13-11-27/h4-9,14H,10-13,15H2,1-3H3,(H,25,28). The highest BCUT2D eigenvalue weighted by Crippen LogP contribution is 2.30. The Bertz CT molecular complexity index is 1040. The topological polar surface area (TPSA) is 54.5 Å². The molecule has 0 saturated carbocycles. The summed E-state index contributed by atoms with van der Waals surface area (Å²) in [6.45, 7) is 9.95. The number of hydrogen-bond donors (Lipinski definition) is 1. The molecule has 1 aliphatic heterocycles. The first-order valence-electron chi connectivity index (χ1n) is 10.3. The molecule has 30 heavy (non-hydrogen) atoms. The van der Waals surface area contributed by atoms with Crippen LogP contribution in [-0.4, -0.2) is 37.2 Å². The van der Waals surface area contributed by atoms with Crippen molar-refractivity contribution in [3.8, 4) is 10.6 Å². The Balaban J connectivity index is 1.41. The van der Waals surface area contributed by atoms with Gasteiger partial charge in [0.15, 0.2) is 0 Å². The summed E-state index contributed by atoms with van der Waals surface area (Å²) in [4.78, 5) is 20.4. The smallest absolute Gasteiger partial charge is 0.263 e. The minimum Gasteiger partial charge on any atom is -0.378 e. The highest BCUT2D eigenvalue weighted by Gasteiger charge is 2.17. The molecule has 5 nitrogen and oxygen atoms in total. The second-order valence-corrected chi connectivity index (χ2v) is 8.70. The highest BCUT2D eigenvalue weighted by molar-refractivity contribution is 7.17. The molecule has 0 aliphatic carbocycles. The minimum atomic E-state index is -0.0710. The van der Waals surface area contributed by atoms with Crippen LogP contribution in [0.5, 0.6) is 0 Å². The van der Waals surface area contributed by atoms with E-state index in [-0.39, 0.29) is 5.91 Å². The highest BCUT2D eigenvalue weighted by atomic mass is 32.1. The minimum absolute atomic E-state index is 0.0710. The molecule has 1 aromatic heterocycles. The molecule has 1 fully saturated rings. The lowest BCUT2D eigenvalue weighted by molar-refractivity contribution is 0.0954. The Morgan fingerprint density at radius 1 is 1.10 bits per heavy atom. The summed E-state index contributed by atoms with van der Waals surface area (Å²) in [5.74, 6) is -0.0710. The third kappa shape index (κ3) is 4.55. The maximum atomic E-state index is 12.8. The van der Waals surface area contributed by atoms with Crippen LogP contribution in [0.25, 0.3) is 10.6 Å². The predicted molar refractivity (Wildman–Crippen MR) is 122 cm³/mol. The number of aryl methyl sites for hydroxylation is 3. The van der Waals surface area contributed by atoms with Crippen LogP contribution in [0.4, 0.5) is 5.69 Å². The molecule has 1 amide bonds. The number of carbonyl (C=O) groups is 1. The zero-order valence-electron chi connectivity index (χ0n) is 17.7. The van der Waals surface area contributed by atoms with Crippen molar-refractivity contribution in [1.29, 1.82) is 0 Å². The lowest BCUT2D eigenvalue weighted by Gasteiger charge is -2.28. The van der Waals surface area contributed by atoms with Gasteiger partial charge >= 0.3 is 0 Å². The van der Waals surface area contributed by atoms with Gasteiger partial charge in [-0.1, -0.05) is 35.9 Å². The van der Waals surface area contributed by atoms with Gasteiger partial charge in [-0.25, -0.2) is 4.98 Å². The monoisotopic (exact) mass is 421 g/mol. The fourth-order valence-corrected chi connectivity index (χ4v) is 4.76. The predicted octanol–water partition coefficient (Wildman–Crippen LogP) is 4.50. The summed E-state index contributed by atoms with van der Waals surface area (Å²) in [5.41, 5.74) is 6.54. The van der Waals surface area contributed by atoms with Crippen LogP contribution in [-0.2, 0) is 11.3 Å². The van der Waals surface area contributed by atoms with Crippen molar-refractivity contribution in [3.05, 3.63) is 69.7 Å². The molecule has 6 heteroatoms. The van der Waals surface area contributed by atoms with E-state index < -0.39 is 0 Å². The van der Waals surface area contributed by atoms with Gasteiger partial charge in [0, 0.05) is 30.9 Å². The maximum Gasteiger partial charge on any atom is 0.263 e. The van der Waals surface area contributed by atoms with E-state index in [2.05, 4.69) is 71.5 Å². The summed E-state index contributed by atoms with van der Waals surface area (Å²) >= 11 is 1.46. The van der Waals surface area contributed by atoms with Crippen LogP contribution in [0.3, 0.4) is 0 Å². The molecule has 1 N–H and O–H groups in total. The number of carbonyl (C=O) groups excluding carboxylic acids is 1. The number of morpholine rings is 1. The molecular formula is C24H27N3O2S. The van der Waals surface area contributed by atoms with Crippen molar-refractivity contribution in [1.82, 2.24) is 10.3 Å². The number of amides is 1. The van der Waals surface area contributed by atoms with Crippen molar-refractivity contribution < 1.29 is 9.53 Å². The number of rotatable bonds is 5. The van der Waals surface area contributed by atoms with Gasteiger partial charge in [0.25, 0.3) is 5.91 Å². The van der Waals surface area contributed by atoms with Crippen LogP contribution in [0.15, 0.2) is 42.5 Å². The zero-order valence-corrected chi connectivity index (χ0v) is 18.5. The number of nitrogens with one attached hydrogen (secondary N) is 1. The summed E-state index contributed by atoms with van der Waals surface area (Å²) in [5, 5.41) is 3.94. The van der Waals surface area contributed by atoms with Crippen LogP contribution < -0.4 is 10.2 Å². The van der Waals surface area contributed by atoms with Gasteiger partial charge in [-0.3, -0.25) is 4.79 Å². The fourth-order valence-electron chi connectivity index (χ4n) is 3.68. The molecule has 0 radical (unpaired) electrons. The molecule has 2 heterocycles. The van der Waals surface area contributed by atoms with Gasteiger partial charge in [-0.05, 0) is 44.0 Å². The van der Waals surface area contributed by atoms with E-state index in [1.54, 1.807) is 0 Å². The Hall–Kier alpha value is -2.70. The second kappa shape index (κ2) is 8.98. The molecule has 0 atom stereocenters. The summed E-state index contributed by atoms with van der Waals surface area (Å²) in [6.07, 6.45) is 0. The Morgan fingerprint density at radius 3 is 2.53 bits per heavy atom. The summed E-state index contributed by atoms with van der Waals surface area (Å²) < 4.78 is 5.41. The van der Waals surface area contributed by atoms with E-state index in [0.29, 0.717) is 11.4 Å². The lowest BCUT2D eigenvalue weighted by Crippen LogP contribution is -2.36. The molecule has 0 bridgehead atoms. The van der Waals surface area contributed by atoms with E-state index in [1.807, 2.05) is 6.92 Å². The first-order valence-corrected chi connectivity index (χ1v) is 11.1. The molecule has 156 valence electrons. The van der Waals surface area contributed by atoms with Crippen molar-refractivity contribution in [2.75, 3.05) is 31.2 Å². The van der Waals surface area contributed by atoms with E-state index in [4.69, 9.17) is 4.74 Å². The number of anilines is 1. The Labute approximate surface area is 181 Å². The van der Waals surface area contributed by atoms with Gasteiger partial charge in [0.1, 0.15) is 9.88 Å². The summed E-state index contributed by atoms with van der Waals surface area (Å²) in [7, 11) is 0. The number of aromatic nitrogens is 1. The fraction of sp³-hybridized carbons (Fsp3) is 0.333. The summed E-state index contributed by atoms with van der Waals surface area (Å²) in [6, 6.07) is 14.7. The van der Waals surface area contributed by atoms with Crippen molar-refractivity contribution in [2.24, 2.45) is 0 Å². The van der Waals surface area contributed by atoms with Gasteiger partial charge in [-0.15, -0.1) is 11.3 Å². The van der Waals surface area contributed by atoms with Gasteiger partial charge in [0.2, 0.25) is 0 Å². The molecule has 3 aromatic rings. The number of ether oxygens (including phenoxy) is 1. The quantitative estimate of drug-likeness (QED) is 0.659. The Morgan fingerprint density at radius 2 is 1.83 bits per heavy atom. The normalized spacial score (nSPS) is 14.0. The lowest BCUT2D eigenvalue weighted by atomic mass is 10.1. The average molecular weight is 422 g/mol. The van der Waals surface area contributed by atoms with E-state index in [0.717, 1.165) is 48.1 Å². The third-order valence-electron chi connectivity index (χ3n) is 5.38. The first kappa shape index (κ1) is 20.6. The van der Waals surface area contributed by atoms with E-state index >= 15 is 0 Å². The maximum absolute atomic E-state index is 12.8. The third-order valence-corrected chi connectivity index (χ3v) is 6.57. The number of nitrogens with zero attached hydrogens (tertiary/aromatic N) is 2. The van der Waals surface area contributed by atoms with Gasteiger partial charge < -0.3 is 15.0 Å². The molecule has 0 spiro atoms. The molecule has 2 aromatic carbocycles. The second-order valence-electron chi connectivity index (χ2n) is 7.70. The van der Waals surface area contributed by atoms with Crippen molar-refractivity contribution in [2.45, 2.75) is 27.3 Å². The van der Waals surface area contributed by atoms with E-state index in [9.17, 15) is 4.79 Å². The van der Waals surface area contributed by atoms with Gasteiger partial charge in [-0.2, -0.15) is 0 Å². The van der Waals surface area contributed by atoms with Crippen LogP contribution >= 0.6 is 11.3 Å².